The minimum atomic E-state index is -3.09. The van der Waals surface area contributed by atoms with E-state index in [-0.39, 0.29) is 0 Å². The van der Waals surface area contributed by atoms with E-state index in [1.54, 1.807) is 12.1 Å². The number of epoxide rings is 1. The fourth-order valence-electron chi connectivity index (χ4n) is 2.27. The molecule has 0 spiro atoms. The molecule has 2 rings (SSSR count). The predicted molar refractivity (Wildman–Crippen MR) is 71.5 cm³/mol. The smallest absolute Gasteiger partial charge is 0.175 e. The van der Waals surface area contributed by atoms with Gasteiger partial charge in [0.05, 0.1) is 17.1 Å². The summed E-state index contributed by atoms with van der Waals surface area (Å²) in [6.07, 6.45) is 4.14. The summed E-state index contributed by atoms with van der Waals surface area (Å²) >= 11 is 0. The van der Waals surface area contributed by atoms with Gasteiger partial charge in [0.1, 0.15) is 0 Å². The van der Waals surface area contributed by atoms with Gasteiger partial charge in [-0.05, 0) is 36.5 Å². The van der Waals surface area contributed by atoms with Crippen LogP contribution in [0.3, 0.4) is 0 Å². The zero-order chi connectivity index (χ0) is 13.3. The lowest BCUT2D eigenvalue weighted by Crippen LogP contribution is -2.02. The third-order valence-corrected chi connectivity index (χ3v) is 4.68. The molecule has 18 heavy (non-hydrogen) atoms. The van der Waals surface area contributed by atoms with Crippen LogP contribution in [-0.2, 0) is 14.6 Å². The van der Waals surface area contributed by atoms with Gasteiger partial charge in [0, 0.05) is 6.26 Å². The van der Waals surface area contributed by atoms with Crippen molar-refractivity contribution in [2.24, 2.45) is 0 Å². The molecule has 0 aromatic heterocycles. The highest BCUT2D eigenvalue weighted by Crippen LogP contribution is 2.34. The third kappa shape index (κ3) is 3.12. The van der Waals surface area contributed by atoms with Crippen LogP contribution in [0.15, 0.2) is 29.2 Å². The summed E-state index contributed by atoms with van der Waals surface area (Å²) in [6.45, 7) is 4.29. The van der Waals surface area contributed by atoms with E-state index in [9.17, 15) is 8.42 Å². The van der Waals surface area contributed by atoms with Crippen molar-refractivity contribution in [2.75, 3.05) is 6.26 Å². The SMILES string of the molecule is CCC1OC1CC(C)c1ccc(S(C)(=O)=O)cc1. The predicted octanol–water partition coefficient (Wildman–Crippen LogP) is 2.76. The summed E-state index contributed by atoms with van der Waals surface area (Å²) in [5, 5.41) is 0. The standard InChI is InChI=1S/C14H20O3S/c1-4-13-14(17-13)9-10(2)11-5-7-12(8-6-11)18(3,15)16/h5-8,10,13-14H,4,9H2,1-3H3. The minimum Gasteiger partial charge on any atom is -0.370 e. The fraction of sp³-hybridized carbons (Fsp3) is 0.571. The molecule has 0 saturated carbocycles. The highest BCUT2D eigenvalue weighted by molar-refractivity contribution is 7.90. The first-order chi connectivity index (χ1) is 8.41. The van der Waals surface area contributed by atoms with Gasteiger partial charge in [0.15, 0.2) is 9.84 Å². The summed E-state index contributed by atoms with van der Waals surface area (Å²) in [7, 11) is -3.09. The molecule has 1 aromatic rings. The fourth-order valence-corrected chi connectivity index (χ4v) is 2.90. The Morgan fingerprint density at radius 3 is 2.28 bits per heavy atom. The van der Waals surface area contributed by atoms with Gasteiger partial charge in [-0.25, -0.2) is 8.42 Å². The Balaban J connectivity index is 2.01. The Morgan fingerprint density at radius 1 is 1.22 bits per heavy atom. The maximum absolute atomic E-state index is 11.4. The van der Waals surface area contributed by atoms with Gasteiger partial charge in [0.2, 0.25) is 0 Å². The van der Waals surface area contributed by atoms with Gasteiger partial charge in [-0.3, -0.25) is 0 Å². The number of rotatable bonds is 5. The van der Waals surface area contributed by atoms with Crippen molar-refractivity contribution in [3.05, 3.63) is 29.8 Å². The Morgan fingerprint density at radius 2 is 1.83 bits per heavy atom. The summed E-state index contributed by atoms with van der Waals surface area (Å²) in [6, 6.07) is 7.19. The van der Waals surface area contributed by atoms with Gasteiger partial charge >= 0.3 is 0 Å². The van der Waals surface area contributed by atoms with E-state index in [4.69, 9.17) is 4.74 Å². The van der Waals surface area contributed by atoms with Crippen molar-refractivity contribution in [3.63, 3.8) is 0 Å². The van der Waals surface area contributed by atoms with Crippen LogP contribution in [0, 0.1) is 0 Å². The summed E-state index contributed by atoms with van der Waals surface area (Å²) < 4.78 is 28.3. The van der Waals surface area contributed by atoms with Crippen LogP contribution in [0.5, 0.6) is 0 Å². The second-order valence-electron chi connectivity index (χ2n) is 5.10. The van der Waals surface area contributed by atoms with E-state index in [0.717, 1.165) is 12.8 Å². The number of ether oxygens (including phenoxy) is 1. The largest absolute Gasteiger partial charge is 0.370 e. The number of sulfone groups is 1. The minimum absolute atomic E-state index is 0.382. The van der Waals surface area contributed by atoms with Crippen molar-refractivity contribution < 1.29 is 13.2 Å². The van der Waals surface area contributed by atoms with Crippen LogP contribution in [-0.4, -0.2) is 26.9 Å². The Kier molecular flexibility index (Phi) is 3.78. The first-order valence-corrected chi connectivity index (χ1v) is 8.26. The Bertz CT molecular complexity index is 504. The van der Waals surface area contributed by atoms with E-state index in [0.29, 0.717) is 23.0 Å². The van der Waals surface area contributed by atoms with E-state index in [1.807, 2.05) is 12.1 Å². The lowest BCUT2D eigenvalue weighted by Gasteiger charge is -2.10. The molecule has 1 aromatic carbocycles. The monoisotopic (exact) mass is 268 g/mol. The quantitative estimate of drug-likeness (QED) is 0.771. The maximum Gasteiger partial charge on any atom is 0.175 e. The van der Waals surface area contributed by atoms with Crippen molar-refractivity contribution in [3.8, 4) is 0 Å². The molecular formula is C14H20O3S. The van der Waals surface area contributed by atoms with Gasteiger partial charge < -0.3 is 4.74 Å². The average Bonchev–Trinajstić information content (AvgIpc) is 3.06. The van der Waals surface area contributed by atoms with Crippen molar-refractivity contribution in [2.45, 2.75) is 49.7 Å². The van der Waals surface area contributed by atoms with Crippen molar-refractivity contribution in [1.82, 2.24) is 0 Å². The average molecular weight is 268 g/mol. The van der Waals surface area contributed by atoms with E-state index < -0.39 is 9.84 Å². The summed E-state index contributed by atoms with van der Waals surface area (Å²) in [5.41, 5.74) is 1.17. The first kappa shape index (κ1) is 13.6. The zero-order valence-corrected chi connectivity index (χ0v) is 11.9. The molecule has 4 heteroatoms. The van der Waals surface area contributed by atoms with Crippen LogP contribution >= 0.6 is 0 Å². The zero-order valence-electron chi connectivity index (χ0n) is 11.1. The molecule has 0 bridgehead atoms. The summed E-state index contributed by atoms with van der Waals surface area (Å²) in [4.78, 5) is 0.382. The lowest BCUT2D eigenvalue weighted by atomic mass is 9.95. The Labute approximate surface area is 109 Å². The van der Waals surface area contributed by atoms with Crippen LogP contribution in [0.4, 0.5) is 0 Å². The second-order valence-corrected chi connectivity index (χ2v) is 7.11. The van der Waals surface area contributed by atoms with Gasteiger partial charge in [-0.15, -0.1) is 0 Å². The maximum atomic E-state index is 11.4. The van der Waals surface area contributed by atoms with Crippen molar-refractivity contribution in [1.29, 1.82) is 0 Å². The van der Waals surface area contributed by atoms with Crippen LogP contribution < -0.4 is 0 Å². The van der Waals surface area contributed by atoms with Crippen molar-refractivity contribution >= 4 is 9.84 Å². The number of benzene rings is 1. The molecule has 0 N–H and O–H groups in total. The topological polar surface area (TPSA) is 46.7 Å². The molecule has 3 nitrogen and oxygen atoms in total. The van der Waals surface area contributed by atoms with E-state index >= 15 is 0 Å². The molecule has 1 aliphatic rings. The highest BCUT2D eigenvalue weighted by atomic mass is 32.2. The normalized spacial score (nSPS) is 24.8. The third-order valence-electron chi connectivity index (χ3n) is 3.55. The molecule has 0 aliphatic carbocycles. The Hall–Kier alpha value is -0.870. The van der Waals surface area contributed by atoms with Gasteiger partial charge in [-0.2, -0.15) is 0 Å². The molecule has 0 radical (unpaired) electrons. The second kappa shape index (κ2) is 5.02. The first-order valence-electron chi connectivity index (χ1n) is 6.37. The van der Waals surface area contributed by atoms with Crippen LogP contribution in [0.1, 0.15) is 38.2 Å². The molecule has 3 unspecified atom stereocenters. The van der Waals surface area contributed by atoms with Gasteiger partial charge in [-0.1, -0.05) is 26.0 Å². The molecular weight excluding hydrogens is 248 g/mol. The molecule has 1 fully saturated rings. The molecule has 100 valence electrons. The molecule has 3 atom stereocenters. The summed E-state index contributed by atoms with van der Waals surface area (Å²) in [5.74, 6) is 0.403. The van der Waals surface area contributed by atoms with E-state index in [2.05, 4.69) is 13.8 Å². The lowest BCUT2D eigenvalue weighted by molar-refractivity contribution is 0.353. The molecule has 1 heterocycles. The molecule has 0 amide bonds. The van der Waals surface area contributed by atoms with Crippen LogP contribution in [0.25, 0.3) is 0 Å². The van der Waals surface area contributed by atoms with Crippen LogP contribution in [0.2, 0.25) is 0 Å². The highest BCUT2D eigenvalue weighted by Gasteiger charge is 2.37. The van der Waals surface area contributed by atoms with E-state index in [1.165, 1.54) is 11.8 Å². The number of hydrogen-bond donors (Lipinski definition) is 0. The van der Waals surface area contributed by atoms with Gasteiger partial charge in [0.25, 0.3) is 0 Å². The molecule has 1 aliphatic heterocycles. The number of hydrogen-bond acceptors (Lipinski definition) is 3. The molecule has 1 saturated heterocycles.